The Labute approximate surface area is 187 Å². The first-order chi connectivity index (χ1) is 15.5. The predicted octanol–water partition coefficient (Wildman–Crippen LogP) is 4.25. The number of nitrogens with zero attached hydrogens (tertiary/aromatic N) is 3. The van der Waals surface area contributed by atoms with Gasteiger partial charge in [0.1, 0.15) is 16.4 Å². The van der Waals surface area contributed by atoms with Crippen LogP contribution in [0.15, 0.2) is 39.5 Å². The number of rotatable bonds is 5. The quantitative estimate of drug-likeness (QED) is 0.492. The van der Waals surface area contributed by atoms with E-state index in [4.69, 9.17) is 4.42 Å². The maximum atomic E-state index is 13.0. The van der Waals surface area contributed by atoms with Crippen molar-refractivity contribution in [3.63, 3.8) is 0 Å². The number of benzene rings is 1. The van der Waals surface area contributed by atoms with Gasteiger partial charge in [-0.05, 0) is 50.3 Å². The number of oxazole rings is 1. The van der Waals surface area contributed by atoms with Gasteiger partial charge in [-0.3, -0.25) is 9.59 Å². The second-order valence-corrected chi connectivity index (χ2v) is 9.02. The number of H-pyrrole nitrogens is 1. The molecule has 0 radical (unpaired) electrons. The molecule has 1 unspecified atom stereocenters. The number of fused-ring (bicyclic) bond motifs is 3. The van der Waals surface area contributed by atoms with Crippen molar-refractivity contribution in [1.82, 2.24) is 15.0 Å². The molecule has 1 aliphatic rings. The number of nitriles is 1. The molecule has 4 aromatic rings. The summed E-state index contributed by atoms with van der Waals surface area (Å²) in [4.78, 5) is 39.3. The van der Waals surface area contributed by atoms with Crippen LogP contribution in [0.3, 0.4) is 0 Å². The number of ketones is 1. The van der Waals surface area contributed by atoms with Gasteiger partial charge in [-0.2, -0.15) is 5.26 Å². The smallest absolute Gasteiger partial charge is 0.259 e. The van der Waals surface area contributed by atoms with Crippen molar-refractivity contribution in [2.45, 2.75) is 44.9 Å². The molecule has 5 rings (SSSR count). The highest BCUT2D eigenvalue weighted by molar-refractivity contribution is 7.18. The lowest BCUT2D eigenvalue weighted by atomic mass is 9.97. The minimum Gasteiger partial charge on any atom is -0.441 e. The summed E-state index contributed by atoms with van der Waals surface area (Å²) in [6, 6.07) is 11.4. The van der Waals surface area contributed by atoms with E-state index in [0.717, 1.165) is 36.8 Å². The molecule has 160 valence electrons. The van der Waals surface area contributed by atoms with Crippen LogP contribution in [0.25, 0.3) is 21.7 Å². The fraction of sp³-hybridized carbons (Fsp3) is 0.292. The van der Waals surface area contributed by atoms with Gasteiger partial charge in [0.15, 0.2) is 11.7 Å². The summed E-state index contributed by atoms with van der Waals surface area (Å²) < 4.78 is 5.73. The van der Waals surface area contributed by atoms with Crippen LogP contribution >= 0.6 is 11.3 Å². The lowest BCUT2D eigenvalue weighted by Crippen LogP contribution is -2.21. The first-order valence-electron chi connectivity index (χ1n) is 10.5. The van der Waals surface area contributed by atoms with Gasteiger partial charge in [0.2, 0.25) is 5.89 Å². The summed E-state index contributed by atoms with van der Waals surface area (Å²) in [6.07, 6.45) is 3.90. The van der Waals surface area contributed by atoms with Gasteiger partial charge in [-0.1, -0.05) is 18.2 Å². The summed E-state index contributed by atoms with van der Waals surface area (Å²) in [5.74, 6) is -0.513. The molecule has 3 aromatic heterocycles. The number of aromatic amines is 1. The highest BCUT2D eigenvalue weighted by atomic mass is 32.1. The van der Waals surface area contributed by atoms with Gasteiger partial charge in [-0.15, -0.1) is 11.3 Å². The Kier molecular flexibility index (Phi) is 5.19. The second-order valence-electron chi connectivity index (χ2n) is 7.94. The average molecular weight is 445 g/mol. The van der Waals surface area contributed by atoms with E-state index in [2.05, 4.69) is 15.0 Å². The number of carbonyl (C=O) groups excluding carboxylic acids is 1. The number of Topliss-reactive ketones (excluding diaryl/α,β-unsaturated/α-hetero) is 1. The van der Waals surface area contributed by atoms with Crippen LogP contribution in [0.5, 0.6) is 0 Å². The number of thiophene rings is 1. The molecule has 32 heavy (non-hydrogen) atoms. The van der Waals surface area contributed by atoms with Crippen LogP contribution in [0.1, 0.15) is 46.5 Å². The van der Waals surface area contributed by atoms with E-state index in [-0.39, 0.29) is 23.6 Å². The Morgan fingerprint density at radius 1 is 1.25 bits per heavy atom. The SMILES string of the molecule is Cc1oc(-c2ccccc2)nc1CC(=O)C(C#N)c1nc2sc3c(c2c(=O)[nH]1)CCCC3. The molecule has 1 N–H and O–H groups in total. The predicted molar refractivity (Wildman–Crippen MR) is 121 cm³/mol. The van der Waals surface area contributed by atoms with E-state index in [1.165, 1.54) is 16.2 Å². The van der Waals surface area contributed by atoms with Crippen LogP contribution in [-0.2, 0) is 24.1 Å². The van der Waals surface area contributed by atoms with Gasteiger partial charge >= 0.3 is 0 Å². The first kappa shape index (κ1) is 20.3. The molecular weight excluding hydrogens is 424 g/mol. The van der Waals surface area contributed by atoms with E-state index in [9.17, 15) is 14.9 Å². The van der Waals surface area contributed by atoms with Gasteiger partial charge in [0, 0.05) is 10.4 Å². The van der Waals surface area contributed by atoms with Gasteiger partial charge in [0.05, 0.1) is 23.6 Å². The molecule has 3 heterocycles. The summed E-state index contributed by atoms with van der Waals surface area (Å²) in [5.41, 5.74) is 2.08. The van der Waals surface area contributed by atoms with Crippen LogP contribution in [-0.4, -0.2) is 20.7 Å². The summed E-state index contributed by atoms with van der Waals surface area (Å²) in [5, 5.41) is 10.3. The minimum atomic E-state index is -1.18. The minimum absolute atomic E-state index is 0.0803. The van der Waals surface area contributed by atoms with Crippen molar-refractivity contribution in [2.24, 2.45) is 0 Å². The van der Waals surface area contributed by atoms with Gasteiger partial charge in [0.25, 0.3) is 5.56 Å². The number of hydrogen-bond donors (Lipinski definition) is 1. The standard InChI is InChI=1S/C24H20N4O3S/c1-13-17(26-23(31-13)14-7-3-2-4-8-14)11-18(29)16(12-25)21-27-22(30)20-15-9-5-6-10-19(15)32-24(20)28-21/h2-4,7-8,16H,5-6,9-11H2,1H3,(H,27,28,30). The molecule has 0 amide bonds. The highest BCUT2D eigenvalue weighted by Crippen LogP contribution is 2.34. The second kappa shape index (κ2) is 8.17. The largest absolute Gasteiger partial charge is 0.441 e. The lowest BCUT2D eigenvalue weighted by molar-refractivity contribution is -0.118. The third-order valence-electron chi connectivity index (χ3n) is 5.82. The van der Waals surface area contributed by atoms with Crippen LogP contribution in [0.2, 0.25) is 0 Å². The normalized spacial score (nSPS) is 14.1. The van der Waals surface area contributed by atoms with Crippen LogP contribution in [0.4, 0.5) is 0 Å². The molecule has 7 nitrogen and oxygen atoms in total. The zero-order chi connectivity index (χ0) is 22.2. The van der Waals surface area contributed by atoms with Gasteiger partial charge in [-0.25, -0.2) is 9.97 Å². The zero-order valence-electron chi connectivity index (χ0n) is 17.5. The van der Waals surface area contributed by atoms with Crippen molar-refractivity contribution in [3.8, 4) is 17.5 Å². The summed E-state index contributed by atoms with van der Waals surface area (Å²) in [6.45, 7) is 1.74. The van der Waals surface area contributed by atoms with Crippen LogP contribution in [0, 0.1) is 18.3 Å². The maximum Gasteiger partial charge on any atom is 0.259 e. The Morgan fingerprint density at radius 3 is 2.81 bits per heavy atom. The van der Waals surface area contributed by atoms with E-state index in [1.54, 1.807) is 6.92 Å². The number of aromatic nitrogens is 3. The Hall–Kier alpha value is -3.57. The third-order valence-corrected chi connectivity index (χ3v) is 7.01. The Balaban J connectivity index is 1.45. The maximum absolute atomic E-state index is 13.0. The van der Waals surface area contributed by atoms with Crippen molar-refractivity contribution >= 4 is 27.3 Å². The van der Waals surface area contributed by atoms with E-state index >= 15 is 0 Å². The van der Waals surface area contributed by atoms with E-state index in [0.29, 0.717) is 27.6 Å². The van der Waals surface area contributed by atoms with Crippen molar-refractivity contribution in [1.29, 1.82) is 5.26 Å². The average Bonchev–Trinajstić information content (AvgIpc) is 3.35. The van der Waals surface area contributed by atoms with Crippen molar-refractivity contribution in [3.05, 3.63) is 68.4 Å². The topological polar surface area (TPSA) is 113 Å². The molecule has 0 spiro atoms. The van der Waals surface area contributed by atoms with Crippen molar-refractivity contribution in [2.75, 3.05) is 0 Å². The number of hydrogen-bond acceptors (Lipinski definition) is 7. The Morgan fingerprint density at radius 2 is 2.03 bits per heavy atom. The Bertz CT molecular complexity index is 1430. The molecule has 0 saturated carbocycles. The zero-order valence-corrected chi connectivity index (χ0v) is 18.3. The highest BCUT2D eigenvalue weighted by Gasteiger charge is 2.27. The monoisotopic (exact) mass is 444 g/mol. The molecule has 8 heteroatoms. The summed E-state index contributed by atoms with van der Waals surface area (Å²) >= 11 is 1.50. The molecule has 1 atom stereocenters. The molecule has 0 bridgehead atoms. The third kappa shape index (κ3) is 3.55. The molecule has 1 aliphatic carbocycles. The molecule has 1 aromatic carbocycles. The fourth-order valence-electron chi connectivity index (χ4n) is 4.17. The first-order valence-corrected chi connectivity index (χ1v) is 11.4. The number of aryl methyl sites for hydroxylation is 3. The molecular formula is C24H20N4O3S. The molecule has 0 fully saturated rings. The lowest BCUT2D eigenvalue weighted by Gasteiger charge is -2.10. The van der Waals surface area contributed by atoms with Gasteiger partial charge < -0.3 is 9.40 Å². The molecule has 0 aliphatic heterocycles. The molecule has 0 saturated heterocycles. The fourth-order valence-corrected chi connectivity index (χ4v) is 5.44. The number of nitrogens with one attached hydrogen (secondary N) is 1. The van der Waals surface area contributed by atoms with E-state index in [1.807, 2.05) is 36.4 Å². The van der Waals surface area contributed by atoms with Crippen molar-refractivity contribution < 1.29 is 9.21 Å². The van der Waals surface area contributed by atoms with E-state index < -0.39 is 5.92 Å². The summed E-state index contributed by atoms with van der Waals surface area (Å²) in [7, 11) is 0. The van der Waals surface area contributed by atoms with Crippen LogP contribution < -0.4 is 5.56 Å². The number of carbonyl (C=O) groups is 1.